The van der Waals surface area contributed by atoms with Crippen LogP contribution in [-0.4, -0.2) is 17.4 Å². The average Bonchev–Trinajstić information content (AvgIpc) is 2.44. The molecule has 1 heterocycles. The summed E-state index contributed by atoms with van der Waals surface area (Å²) >= 11 is 6.02. The first-order valence-corrected chi connectivity index (χ1v) is 7.16. The summed E-state index contributed by atoms with van der Waals surface area (Å²) < 4.78 is 0. The molecule has 2 aromatic rings. The predicted molar refractivity (Wildman–Crippen MR) is 86.9 cm³/mol. The van der Waals surface area contributed by atoms with Crippen molar-refractivity contribution >= 4 is 29.0 Å². The van der Waals surface area contributed by atoms with Crippen LogP contribution in [0.5, 0.6) is 0 Å². The van der Waals surface area contributed by atoms with Gasteiger partial charge in [-0.15, -0.1) is 0 Å². The molecule has 2 N–H and O–H groups in total. The molecule has 21 heavy (non-hydrogen) atoms. The van der Waals surface area contributed by atoms with E-state index in [4.69, 9.17) is 11.6 Å². The van der Waals surface area contributed by atoms with Gasteiger partial charge in [-0.25, -0.2) is 4.98 Å². The molecule has 1 aromatic heterocycles. The monoisotopic (exact) mass is 303 g/mol. The first-order valence-electron chi connectivity index (χ1n) is 6.79. The van der Waals surface area contributed by atoms with E-state index in [1.165, 1.54) is 0 Å². The molecule has 0 aliphatic rings. The average molecular weight is 304 g/mol. The lowest BCUT2D eigenvalue weighted by molar-refractivity contribution is -0.115. The minimum Gasteiger partial charge on any atom is -0.370 e. The van der Waals surface area contributed by atoms with E-state index in [0.717, 1.165) is 22.8 Å². The van der Waals surface area contributed by atoms with Crippen molar-refractivity contribution in [1.29, 1.82) is 0 Å². The largest absolute Gasteiger partial charge is 0.370 e. The van der Waals surface area contributed by atoms with Crippen molar-refractivity contribution < 1.29 is 4.79 Å². The number of halogens is 1. The van der Waals surface area contributed by atoms with E-state index >= 15 is 0 Å². The Labute approximate surface area is 129 Å². The highest BCUT2D eigenvalue weighted by atomic mass is 35.5. The van der Waals surface area contributed by atoms with Crippen LogP contribution in [-0.2, 0) is 4.79 Å². The highest BCUT2D eigenvalue weighted by Crippen LogP contribution is 2.22. The lowest BCUT2D eigenvalue weighted by atomic mass is 10.2. The summed E-state index contributed by atoms with van der Waals surface area (Å²) in [4.78, 5) is 16.2. The molecule has 1 amide bonds. The van der Waals surface area contributed by atoms with Crippen molar-refractivity contribution in [2.75, 3.05) is 17.2 Å². The number of benzene rings is 1. The van der Waals surface area contributed by atoms with Crippen LogP contribution in [0.15, 0.2) is 36.4 Å². The molecule has 0 saturated heterocycles. The maximum Gasteiger partial charge on any atom is 0.226 e. The quantitative estimate of drug-likeness (QED) is 0.883. The molecule has 2 rings (SSSR count). The Morgan fingerprint density at radius 3 is 2.71 bits per heavy atom. The van der Waals surface area contributed by atoms with Crippen LogP contribution in [0, 0.1) is 13.8 Å². The number of aromatic nitrogens is 1. The lowest BCUT2D eigenvalue weighted by Gasteiger charge is -2.10. The van der Waals surface area contributed by atoms with Crippen LogP contribution < -0.4 is 10.6 Å². The Hall–Kier alpha value is -2.07. The Bertz CT molecular complexity index is 643. The van der Waals surface area contributed by atoms with Gasteiger partial charge in [0.2, 0.25) is 5.91 Å². The summed E-state index contributed by atoms with van der Waals surface area (Å²) in [5.74, 6) is 0.724. The number of aryl methyl sites for hydroxylation is 1. The normalized spacial score (nSPS) is 10.2. The second-order valence-electron chi connectivity index (χ2n) is 4.80. The summed E-state index contributed by atoms with van der Waals surface area (Å²) in [5, 5.41) is 6.64. The van der Waals surface area contributed by atoms with Gasteiger partial charge in [0.05, 0.1) is 0 Å². The molecule has 0 aliphatic heterocycles. The number of nitrogens with one attached hydrogen (secondary N) is 2. The molecule has 110 valence electrons. The highest BCUT2D eigenvalue weighted by molar-refractivity contribution is 6.31. The molecule has 0 unspecified atom stereocenters. The molecule has 0 atom stereocenters. The smallest absolute Gasteiger partial charge is 0.226 e. The van der Waals surface area contributed by atoms with Gasteiger partial charge in [0, 0.05) is 29.4 Å². The number of carbonyl (C=O) groups is 1. The van der Waals surface area contributed by atoms with Crippen LogP contribution in [0.1, 0.15) is 17.7 Å². The molecular formula is C16H18ClN3O. The number of rotatable bonds is 5. The fourth-order valence-electron chi connectivity index (χ4n) is 1.90. The van der Waals surface area contributed by atoms with Gasteiger partial charge < -0.3 is 10.6 Å². The molecular weight excluding hydrogens is 286 g/mol. The minimum atomic E-state index is -0.0551. The molecule has 0 fully saturated rings. The van der Waals surface area contributed by atoms with Gasteiger partial charge in [0.1, 0.15) is 5.82 Å². The van der Waals surface area contributed by atoms with Crippen molar-refractivity contribution in [3.63, 3.8) is 0 Å². The van der Waals surface area contributed by atoms with Gasteiger partial charge in [0.15, 0.2) is 0 Å². The Kier molecular flexibility index (Phi) is 5.17. The Morgan fingerprint density at radius 2 is 1.95 bits per heavy atom. The second-order valence-corrected chi connectivity index (χ2v) is 5.21. The standard InChI is InChI=1S/C16H18ClN3O/c1-11-5-3-8-15(19-11)18-10-9-16(21)20-14-7-4-6-13(17)12(14)2/h3-8H,9-10H2,1-2H3,(H,18,19)(H,20,21). The third kappa shape index (κ3) is 4.46. The molecule has 0 bridgehead atoms. The maximum absolute atomic E-state index is 11.9. The molecule has 0 saturated carbocycles. The molecule has 0 radical (unpaired) electrons. The van der Waals surface area contributed by atoms with Crippen molar-refractivity contribution in [2.24, 2.45) is 0 Å². The van der Waals surface area contributed by atoms with E-state index in [1.807, 2.05) is 44.2 Å². The molecule has 5 heteroatoms. The fraction of sp³-hybridized carbons (Fsp3) is 0.250. The highest BCUT2D eigenvalue weighted by Gasteiger charge is 2.06. The number of pyridine rings is 1. The molecule has 4 nitrogen and oxygen atoms in total. The van der Waals surface area contributed by atoms with Gasteiger partial charge >= 0.3 is 0 Å². The van der Waals surface area contributed by atoms with Crippen LogP contribution >= 0.6 is 11.6 Å². The van der Waals surface area contributed by atoms with Crippen LogP contribution in [0.2, 0.25) is 5.02 Å². The maximum atomic E-state index is 11.9. The Balaban J connectivity index is 1.84. The molecule has 1 aromatic carbocycles. The number of hydrogen-bond donors (Lipinski definition) is 2. The van der Waals surface area contributed by atoms with Gasteiger partial charge in [-0.05, 0) is 43.7 Å². The number of carbonyl (C=O) groups excluding carboxylic acids is 1. The van der Waals surface area contributed by atoms with E-state index in [2.05, 4.69) is 15.6 Å². The summed E-state index contributed by atoms with van der Waals surface area (Å²) in [6.07, 6.45) is 0.363. The van der Waals surface area contributed by atoms with Crippen LogP contribution in [0.3, 0.4) is 0 Å². The lowest BCUT2D eigenvalue weighted by Crippen LogP contribution is -2.17. The summed E-state index contributed by atoms with van der Waals surface area (Å²) in [7, 11) is 0. The number of hydrogen-bond acceptors (Lipinski definition) is 3. The summed E-state index contributed by atoms with van der Waals surface area (Å²) in [5.41, 5.74) is 2.57. The van der Waals surface area contributed by atoms with Crippen LogP contribution in [0.4, 0.5) is 11.5 Å². The zero-order valence-corrected chi connectivity index (χ0v) is 12.9. The van der Waals surface area contributed by atoms with Crippen molar-refractivity contribution in [1.82, 2.24) is 4.98 Å². The van der Waals surface area contributed by atoms with Crippen molar-refractivity contribution in [2.45, 2.75) is 20.3 Å². The zero-order chi connectivity index (χ0) is 15.2. The number of amides is 1. The fourth-order valence-corrected chi connectivity index (χ4v) is 2.08. The Morgan fingerprint density at radius 1 is 1.19 bits per heavy atom. The van der Waals surface area contributed by atoms with E-state index in [-0.39, 0.29) is 5.91 Å². The first-order chi connectivity index (χ1) is 10.1. The molecule has 0 spiro atoms. The number of nitrogens with zero attached hydrogens (tertiary/aromatic N) is 1. The third-order valence-corrected chi connectivity index (χ3v) is 3.50. The summed E-state index contributed by atoms with van der Waals surface area (Å²) in [6.45, 7) is 4.34. The van der Waals surface area contributed by atoms with E-state index in [1.54, 1.807) is 6.07 Å². The SMILES string of the molecule is Cc1cccc(NCCC(=O)Nc2cccc(Cl)c2C)n1. The topological polar surface area (TPSA) is 54.0 Å². The number of anilines is 2. The van der Waals surface area contributed by atoms with Crippen LogP contribution in [0.25, 0.3) is 0 Å². The van der Waals surface area contributed by atoms with E-state index < -0.39 is 0 Å². The van der Waals surface area contributed by atoms with Gasteiger partial charge in [-0.2, -0.15) is 0 Å². The summed E-state index contributed by atoms with van der Waals surface area (Å²) in [6, 6.07) is 11.2. The third-order valence-electron chi connectivity index (χ3n) is 3.09. The second kappa shape index (κ2) is 7.09. The van der Waals surface area contributed by atoms with Gasteiger partial charge in [-0.3, -0.25) is 4.79 Å². The van der Waals surface area contributed by atoms with Crippen molar-refractivity contribution in [3.05, 3.63) is 52.7 Å². The first kappa shape index (κ1) is 15.3. The molecule has 0 aliphatic carbocycles. The van der Waals surface area contributed by atoms with Crippen molar-refractivity contribution in [3.8, 4) is 0 Å². The van der Waals surface area contributed by atoms with E-state index in [9.17, 15) is 4.79 Å². The predicted octanol–water partition coefficient (Wildman–Crippen LogP) is 3.79. The van der Waals surface area contributed by atoms with Gasteiger partial charge in [0.25, 0.3) is 0 Å². The van der Waals surface area contributed by atoms with E-state index in [0.29, 0.717) is 18.0 Å². The minimum absolute atomic E-state index is 0.0551. The zero-order valence-electron chi connectivity index (χ0n) is 12.1. The van der Waals surface area contributed by atoms with Gasteiger partial charge in [-0.1, -0.05) is 23.7 Å².